The van der Waals surface area contributed by atoms with Gasteiger partial charge < -0.3 is 14.8 Å². The van der Waals surface area contributed by atoms with Crippen LogP contribution in [0, 0.1) is 0 Å². The molecule has 0 saturated heterocycles. The molecule has 27 heavy (non-hydrogen) atoms. The van der Waals surface area contributed by atoms with E-state index in [0.717, 1.165) is 25.0 Å². The van der Waals surface area contributed by atoms with Crippen LogP contribution in [0.3, 0.4) is 0 Å². The number of Topliss-reactive ketones (excluding diaryl/α,β-unsaturated/α-hetero) is 1. The summed E-state index contributed by atoms with van der Waals surface area (Å²) in [6, 6.07) is 6.90. The Hall–Kier alpha value is -2.37. The summed E-state index contributed by atoms with van der Waals surface area (Å²) in [6.07, 6.45) is 3.26. The van der Waals surface area contributed by atoms with Crippen LogP contribution in [0.15, 0.2) is 24.3 Å². The summed E-state index contributed by atoms with van der Waals surface area (Å²) in [5.74, 6) is -0.351. The third-order valence-corrected chi connectivity index (χ3v) is 3.63. The summed E-state index contributed by atoms with van der Waals surface area (Å²) in [4.78, 5) is 35.5. The van der Waals surface area contributed by atoms with E-state index in [4.69, 9.17) is 9.47 Å². The highest BCUT2D eigenvalue weighted by atomic mass is 16.5. The summed E-state index contributed by atoms with van der Waals surface area (Å²) < 4.78 is 10.5. The van der Waals surface area contributed by atoms with Gasteiger partial charge in [0.15, 0.2) is 12.4 Å². The molecular weight excluding hydrogens is 346 g/mol. The minimum absolute atomic E-state index is 0.0381. The van der Waals surface area contributed by atoms with Gasteiger partial charge in [-0.3, -0.25) is 14.4 Å². The molecule has 1 N–H and O–H groups in total. The van der Waals surface area contributed by atoms with Crippen LogP contribution in [0.2, 0.25) is 0 Å². The number of nitrogens with one attached hydrogen (secondary N) is 1. The van der Waals surface area contributed by atoms with Gasteiger partial charge in [-0.2, -0.15) is 0 Å². The highest BCUT2D eigenvalue weighted by molar-refractivity contribution is 5.97. The topological polar surface area (TPSA) is 81.7 Å². The van der Waals surface area contributed by atoms with Crippen LogP contribution in [0.25, 0.3) is 0 Å². The fraction of sp³-hybridized carbons (Fsp3) is 0.571. The van der Waals surface area contributed by atoms with Crippen molar-refractivity contribution in [3.05, 3.63) is 29.8 Å². The maximum Gasteiger partial charge on any atom is 0.306 e. The van der Waals surface area contributed by atoms with E-state index >= 15 is 0 Å². The molecule has 0 bridgehead atoms. The van der Waals surface area contributed by atoms with Crippen molar-refractivity contribution in [2.45, 2.75) is 65.3 Å². The lowest BCUT2D eigenvalue weighted by Gasteiger charge is -2.20. The summed E-state index contributed by atoms with van der Waals surface area (Å²) in [5.41, 5.74) is 0.139. The third-order valence-electron chi connectivity index (χ3n) is 3.63. The van der Waals surface area contributed by atoms with Gasteiger partial charge in [0.25, 0.3) is 5.91 Å². The minimum Gasteiger partial charge on any atom is -0.494 e. The first-order valence-corrected chi connectivity index (χ1v) is 9.44. The van der Waals surface area contributed by atoms with Crippen LogP contribution in [0.1, 0.15) is 70.2 Å². The van der Waals surface area contributed by atoms with Crippen molar-refractivity contribution in [1.29, 1.82) is 0 Å². The second-order valence-electron chi connectivity index (χ2n) is 7.46. The normalized spacial score (nSPS) is 11.0. The average molecular weight is 377 g/mol. The standard InChI is InChI=1S/C21H31NO5/c1-5-6-7-14-26-17-10-8-16(9-11-17)18(23)12-13-20(25)27-15-19(24)22-21(2,3)4/h8-11H,5-7,12-15H2,1-4H3,(H,22,24). The Bertz CT molecular complexity index is 616. The van der Waals surface area contributed by atoms with Crippen LogP contribution in [-0.4, -0.2) is 36.4 Å². The van der Waals surface area contributed by atoms with Crippen molar-refractivity contribution >= 4 is 17.7 Å². The number of ether oxygens (including phenoxy) is 2. The predicted octanol–water partition coefficient (Wildman–Crippen LogP) is 3.68. The number of hydrogen-bond donors (Lipinski definition) is 1. The molecule has 0 spiro atoms. The first-order chi connectivity index (χ1) is 12.7. The molecule has 0 radical (unpaired) electrons. The molecule has 1 aromatic carbocycles. The maximum atomic E-state index is 12.2. The predicted molar refractivity (Wildman–Crippen MR) is 104 cm³/mol. The highest BCUT2D eigenvalue weighted by Crippen LogP contribution is 2.15. The lowest BCUT2D eigenvalue weighted by molar-refractivity contribution is -0.148. The second kappa shape index (κ2) is 11.4. The van der Waals surface area contributed by atoms with Gasteiger partial charge in [0.05, 0.1) is 13.0 Å². The van der Waals surface area contributed by atoms with Crippen LogP contribution in [0.5, 0.6) is 5.75 Å². The fourth-order valence-electron chi connectivity index (χ4n) is 2.31. The first-order valence-electron chi connectivity index (χ1n) is 9.44. The summed E-state index contributed by atoms with van der Waals surface area (Å²) in [6.45, 7) is 7.98. The zero-order chi connectivity index (χ0) is 20.3. The van der Waals surface area contributed by atoms with Crippen molar-refractivity contribution in [2.75, 3.05) is 13.2 Å². The largest absolute Gasteiger partial charge is 0.494 e. The van der Waals surface area contributed by atoms with Gasteiger partial charge in [0, 0.05) is 17.5 Å². The monoisotopic (exact) mass is 377 g/mol. The molecule has 0 fully saturated rings. The number of esters is 1. The minimum atomic E-state index is -0.566. The molecule has 1 aromatic rings. The van der Waals surface area contributed by atoms with E-state index in [9.17, 15) is 14.4 Å². The number of carbonyl (C=O) groups excluding carboxylic acids is 3. The smallest absolute Gasteiger partial charge is 0.306 e. The van der Waals surface area contributed by atoms with E-state index in [1.807, 2.05) is 20.8 Å². The van der Waals surface area contributed by atoms with Gasteiger partial charge >= 0.3 is 5.97 Å². The lowest BCUT2D eigenvalue weighted by Crippen LogP contribution is -2.42. The maximum absolute atomic E-state index is 12.2. The molecule has 0 aromatic heterocycles. The summed E-state index contributed by atoms with van der Waals surface area (Å²) in [5, 5.41) is 2.70. The Morgan fingerprint density at radius 3 is 2.26 bits per heavy atom. The van der Waals surface area contributed by atoms with E-state index < -0.39 is 5.97 Å². The second-order valence-corrected chi connectivity index (χ2v) is 7.46. The van der Waals surface area contributed by atoms with Gasteiger partial charge in [-0.1, -0.05) is 19.8 Å². The van der Waals surface area contributed by atoms with Crippen molar-refractivity contribution in [3.63, 3.8) is 0 Å². The molecule has 6 heteroatoms. The Kier molecular flexibility index (Phi) is 9.54. The SMILES string of the molecule is CCCCCOc1ccc(C(=O)CCC(=O)OCC(=O)NC(C)(C)C)cc1. The summed E-state index contributed by atoms with van der Waals surface area (Å²) >= 11 is 0. The number of amides is 1. The van der Waals surface area contributed by atoms with Crippen LogP contribution >= 0.6 is 0 Å². The van der Waals surface area contributed by atoms with E-state index in [1.165, 1.54) is 0 Å². The van der Waals surface area contributed by atoms with Gasteiger partial charge in [-0.25, -0.2) is 0 Å². The number of benzene rings is 1. The van der Waals surface area contributed by atoms with Gasteiger partial charge in [-0.05, 0) is 51.5 Å². The number of rotatable bonds is 11. The summed E-state index contributed by atoms with van der Waals surface area (Å²) in [7, 11) is 0. The Labute approximate surface area is 161 Å². The zero-order valence-corrected chi connectivity index (χ0v) is 16.8. The molecule has 0 atom stereocenters. The highest BCUT2D eigenvalue weighted by Gasteiger charge is 2.16. The molecule has 150 valence electrons. The van der Waals surface area contributed by atoms with Crippen molar-refractivity contribution in [1.82, 2.24) is 5.32 Å². The molecular formula is C21H31NO5. The van der Waals surface area contributed by atoms with Gasteiger partial charge in [0.1, 0.15) is 5.75 Å². The number of ketones is 1. The molecule has 0 saturated carbocycles. The lowest BCUT2D eigenvalue weighted by atomic mass is 10.1. The van der Waals surface area contributed by atoms with E-state index in [2.05, 4.69) is 12.2 Å². The van der Waals surface area contributed by atoms with Crippen molar-refractivity contribution < 1.29 is 23.9 Å². The first kappa shape index (κ1) is 22.7. The van der Waals surface area contributed by atoms with Gasteiger partial charge in [0.2, 0.25) is 0 Å². The molecule has 6 nitrogen and oxygen atoms in total. The quantitative estimate of drug-likeness (QED) is 0.361. The molecule has 0 aliphatic rings. The van der Waals surface area contributed by atoms with Gasteiger partial charge in [-0.15, -0.1) is 0 Å². The van der Waals surface area contributed by atoms with E-state index in [0.29, 0.717) is 12.2 Å². The Balaban J connectivity index is 2.33. The number of carbonyl (C=O) groups is 3. The van der Waals surface area contributed by atoms with E-state index in [-0.39, 0.29) is 36.7 Å². The van der Waals surface area contributed by atoms with Crippen LogP contribution in [0.4, 0.5) is 0 Å². The third kappa shape index (κ3) is 10.4. The van der Waals surface area contributed by atoms with E-state index in [1.54, 1.807) is 24.3 Å². The number of hydrogen-bond acceptors (Lipinski definition) is 5. The molecule has 1 amide bonds. The molecule has 0 unspecified atom stereocenters. The fourth-order valence-corrected chi connectivity index (χ4v) is 2.31. The average Bonchev–Trinajstić information content (AvgIpc) is 2.60. The Morgan fingerprint density at radius 2 is 1.67 bits per heavy atom. The van der Waals surface area contributed by atoms with Crippen molar-refractivity contribution in [2.24, 2.45) is 0 Å². The van der Waals surface area contributed by atoms with Crippen LogP contribution < -0.4 is 10.1 Å². The zero-order valence-electron chi connectivity index (χ0n) is 16.8. The molecule has 0 aliphatic heterocycles. The van der Waals surface area contributed by atoms with Crippen LogP contribution in [-0.2, 0) is 14.3 Å². The van der Waals surface area contributed by atoms with Crippen molar-refractivity contribution in [3.8, 4) is 5.75 Å². The Morgan fingerprint density at radius 1 is 1.00 bits per heavy atom. The molecule has 1 rings (SSSR count). The molecule has 0 aliphatic carbocycles. The number of unbranched alkanes of at least 4 members (excludes halogenated alkanes) is 2. The molecule has 0 heterocycles.